The Labute approximate surface area is 114 Å². The molecular formula is C14H13N3OS. The molecule has 0 atom stereocenters. The average molecular weight is 271 g/mol. The van der Waals surface area contributed by atoms with E-state index in [4.69, 9.17) is 0 Å². The second-order valence-corrected chi connectivity index (χ2v) is 5.48. The molecule has 1 N–H and O–H groups in total. The molecule has 0 saturated heterocycles. The van der Waals surface area contributed by atoms with Gasteiger partial charge in [-0.1, -0.05) is 26.0 Å². The molecule has 0 aliphatic rings. The van der Waals surface area contributed by atoms with Gasteiger partial charge in [-0.05, 0) is 18.1 Å². The topological polar surface area (TPSA) is 58.9 Å². The van der Waals surface area contributed by atoms with E-state index < -0.39 is 0 Å². The van der Waals surface area contributed by atoms with E-state index in [9.17, 15) is 5.11 Å². The van der Waals surface area contributed by atoms with Crippen molar-refractivity contribution < 1.29 is 5.11 Å². The van der Waals surface area contributed by atoms with Crippen molar-refractivity contribution in [3.05, 3.63) is 35.3 Å². The average Bonchev–Trinajstić information content (AvgIpc) is 2.88. The van der Waals surface area contributed by atoms with Crippen LogP contribution in [-0.2, 0) is 0 Å². The van der Waals surface area contributed by atoms with Crippen molar-refractivity contribution in [2.75, 3.05) is 0 Å². The molecule has 0 radical (unpaired) electrons. The molecule has 2 aromatic heterocycles. The van der Waals surface area contributed by atoms with Crippen LogP contribution in [-0.4, -0.2) is 20.1 Å². The second kappa shape index (κ2) is 4.59. The van der Waals surface area contributed by atoms with Gasteiger partial charge in [0.05, 0.1) is 16.6 Å². The van der Waals surface area contributed by atoms with Crippen LogP contribution in [0.3, 0.4) is 0 Å². The fraction of sp³-hybridized carbons (Fsp3) is 0.214. The summed E-state index contributed by atoms with van der Waals surface area (Å²) in [5, 5.41) is 13.4. The van der Waals surface area contributed by atoms with Crippen LogP contribution >= 0.6 is 11.3 Å². The molecule has 4 nitrogen and oxygen atoms in total. The number of benzene rings is 1. The molecule has 0 unspecified atom stereocenters. The molecule has 0 aliphatic heterocycles. The first kappa shape index (κ1) is 12.0. The third-order valence-corrected chi connectivity index (χ3v) is 3.74. The van der Waals surface area contributed by atoms with E-state index in [2.05, 4.69) is 28.8 Å². The van der Waals surface area contributed by atoms with Gasteiger partial charge in [0.1, 0.15) is 0 Å². The van der Waals surface area contributed by atoms with Crippen LogP contribution in [0.15, 0.2) is 29.6 Å². The summed E-state index contributed by atoms with van der Waals surface area (Å²) in [5.74, 6) is 0.856. The highest BCUT2D eigenvalue weighted by Crippen LogP contribution is 2.28. The molecule has 0 bridgehead atoms. The minimum absolute atomic E-state index is 0.00176. The number of thiazole rings is 1. The van der Waals surface area contributed by atoms with Gasteiger partial charge >= 0.3 is 0 Å². The van der Waals surface area contributed by atoms with Crippen LogP contribution in [0.5, 0.6) is 5.88 Å². The third kappa shape index (κ3) is 2.17. The molecule has 3 rings (SSSR count). The zero-order valence-corrected chi connectivity index (χ0v) is 11.5. The molecule has 0 fully saturated rings. The number of rotatable bonds is 2. The Morgan fingerprint density at radius 2 is 1.89 bits per heavy atom. The Balaban J connectivity index is 2.14. The number of aromatic nitrogens is 3. The lowest BCUT2D eigenvalue weighted by Crippen LogP contribution is -1.92. The lowest BCUT2D eigenvalue weighted by Gasteiger charge is -2.02. The highest BCUT2D eigenvalue weighted by atomic mass is 32.1. The van der Waals surface area contributed by atoms with E-state index in [1.54, 1.807) is 6.07 Å². The standard InChI is InChI=1S/C14H13N3OS/c1-8(2)11-7-19-14(16-11)12-15-10-6-4-3-5-9(10)13(18)17-12/h3-8H,1-2H3,(H,15,17,18). The van der Waals surface area contributed by atoms with Crippen molar-refractivity contribution in [1.82, 2.24) is 15.0 Å². The third-order valence-electron chi connectivity index (χ3n) is 2.89. The summed E-state index contributed by atoms with van der Waals surface area (Å²) >= 11 is 1.50. The molecule has 2 heterocycles. The largest absolute Gasteiger partial charge is 0.493 e. The van der Waals surface area contributed by atoms with Gasteiger partial charge in [-0.25, -0.2) is 9.97 Å². The second-order valence-electron chi connectivity index (χ2n) is 4.62. The molecule has 19 heavy (non-hydrogen) atoms. The van der Waals surface area contributed by atoms with Crippen molar-refractivity contribution in [3.8, 4) is 16.7 Å². The van der Waals surface area contributed by atoms with Crippen LogP contribution in [0.4, 0.5) is 0 Å². The maximum absolute atomic E-state index is 9.96. The zero-order chi connectivity index (χ0) is 13.4. The van der Waals surface area contributed by atoms with Crippen LogP contribution < -0.4 is 0 Å². The summed E-state index contributed by atoms with van der Waals surface area (Å²) in [6.45, 7) is 4.19. The highest BCUT2D eigenvalue weighted by molar-refractivity contribution is 7.13. The van der Waals surface area contributed by atoms with Crippen molar-refractivity contribution in [2.45, 2.75) is 19.8 Å². The molecule has 0 aliphatic carbocycles. The monoisotopic (exact) mass is 271 g/mol. The number of hydrogen-bond donors (Lipinski definition) is 1. The molecule has 96 valence electrons. The Morgan fingerprint density at radius 3 is 2.63 bits per heavy atom. The number of para-hydroxylation sites is 1. The van der Waals surface area contributed by atoms with Gasteiger partial charge in [-0.15, -0.1) is 11.3 Å². The van der Waals surface area contributed by atoms with Crippen LogP contribution in [0.25, 0.3) is 21.7 Å². The van der Waals surface area contributed by atoms with E-state index in [1.807, 2.05) is 23.6 Å². The normalized spacial score (nSPS) is 11.3. The van der Waals surface area contributed by atoms with Gasteiger partial charge in [0.2, 0.25) is 5.88 Å². The maximum Gasteiger partial charge on any atom is 0.222 e. The van der Waals surface area contributed by atoms with E-state index in [-0.39, 0.29) is 5.88 Å². The smallest absolute Gasteiger partial charge is 0.222 e. The fourth-order valence-electron chi connectivity index (χ4n) is 1.81. The van der Waals surface area contributed by atoms with Crippen molar-refractivity contribution in [2.24, 2.45) is 0 Å². The van der Waals surface area contributed by atoms with Gasteiger partial charge in [-0.3, -0.25) is 0 Å². The summed E-state index contributed by atoms with van der Waals surface area (Å²) in [6.07, 6.45) is 0. The van der Waals surface area contributed by atoms with Crippen LogP contribution in [0, 0.1) is 0 Å². The SMILES string of the molecule is CC(C)c1csc(-c2nc(O)c3ccccc3n2)n1. The predicted octanol–water partition coefficient (Wildman–Crippen LogP) is 3.58. The minimum atomic E-state index is 0.00176. The van der Waals surface area contributed by atoms with Gasteiger partial charge in [0.15, 0.2) is 10.8 Å². The molecule has 5 heteroatoms. The van der Waals surface area contributed by atoms with Crippen molar-refractivity contribution >= 4 is 22.2 Å². The summed E-state index contributed by atoms with van der Waals surface area (Å²) in [5.41, 5.74) is 1.75. The Bertz CT molecular complexity index is 736. The lowest BCUT2D eigenvalue weighted by atomic mass is 10.2. The number of nitrogens with zero attached hydrogens (tertiary/aromatic N) is 3. The van der Waals surface area contributed by atoms with Gasteiger partial charge in [-0.2, -0.15) is 4.98 Å². The first-order valence-corrected chi connectivity index (χ1v) is 6.94. The van der Waals surface area contributed by atoms with Gasteiger partial charge < -0.3 is 5.11 Å². The Hall–Kier alpha value is -2.01. The first-order chi connectivity index (χ1) is 9.15. The quantitative estimate of drug-likeness (QED) is 0.774. The fourth-order valence-corrected chi connectivity index (χ4v) is 2.72. The van der Waals surface area contributed by atoms with Crippen LogP contribution in [0.2, 0.25) is 0 Å². The molecule has 0 spiro atoms. The number of aromatic hydroxyl groups is 1. The number of fused-ring (bicyclic) bond motifs is 1. The van der Waals surface area contributed by atoms with Crippen molar-refractivity contribution in [1.29, 1.82) is 0 Å². The summed E-state index contributed by atoms with van der Waals surface area (Å²) < 4.78 is 0. The lowest BCUT2D eigenvalue weighted by molar-refractivity contribution is 0.460. The molecule has 3 aromatic rings. The first-order valence-electron chi connectivity index (χ1n) is 6.06. The van der Waals surface area contributed by atoms with E-state index in [0.29, 0.717) is 17.1 Å². The molecule has 1 aromatic carbocycles. The summed E-state index contributed by atoms with van der Waals surface area (Å²) in [7, 11) is 0. The minimum Gasteiger partial charge on any atom is -0.493 e. The van der Waals surface area contributed by atoms with E-state index in [0.717, 1.165) is 16.2 Å². The summed E-state index contributed by atoms with van der Waals surface area (Å²) in [6, 6.07) is 7.40. The maximum atomic E-state index is 9.96. The molecular weight excluding hydrogens is 258 g/mol. The Morgan fingerprint density at radius 1 is 1.11 bits per heavy atom. The number of hydrogen-bond acceptors (Lipinski definition) is 5. The van der Waals surface area contributed by atoms with Crippen molar-refractivity contribution in [3.63, 3.8) is 0 Å². The molecule has 0 saturated carbocycles. The van der Waals surface area contributed by atoms with Gasteiger partial charge in [0, 0.05) is 5.38 Å². The molecule has 0 amide bonds. The highest BCUT2D eigenvalue weighted by Gasteiger charge is 2.12. The summed E-state index contributed by atoms with van der Waals surface area (Å²) in [4.78, 5) is 13.1. The van der Waals surface area contributed by atoms with Crippen LogP contribution in [0.1, 0.15) is 25.5 Å². The predicted molar refractivity (Wildman–Crippen MR) is 76.4 cm³/mol. The Kier molecular flexibility index (Phi) is 2.91. The zero-order valence-electron chi connectivity index (χ0n) is 10.7. The van der Waals surface area contributed by atoms with E-state index >= 15 is 0 Å². The van der Waals surface area contributed by atoms with E-state index in [1.165, 1.54) is 11.3 Å². The van der Waals surface area contributed by atoms with Gasteiger partial charge in [0.25, 0.3) is 0 Å².